The minimum atomic E-state index is -3.46. The number of carbonyl (C=O) groups excluding carboxylic acids is 1. The first-order chi connectivity index (χ1) is 11.7. The lowest BCUT2D eigenvalue weighted by Gasteiger charge is -2.15. The van der Waals surface area contributed by atoms with Crippen LogP contribution < -0.4 is 10.0 Å². The van der Waals surface area contributed by atoms with Crippen LogP contribution in [0.1, 0.15) is 33.9 Å². The summed E-state index contributed by atoms with van der Waals surface area (Å²) in [4.78, 5) is 12.5. The number of carbonyl (C=O) groups is 1. The van der Waals surface area contributed by atoms with Gasteiger partial charge in [0.05, 0.1) is 23.5 Å². The third kappa shape index (κ3) is 4.05. The van der Waals surface area contributed by atoms with Crippen molar-refractivity contribution in [1.82, 2.24) is 5.32 Å². The van der Waals surface area contributed by atoms with Crippen molar-refractivity contribution in [2.24, 2.45) is 0 Å². The highest BCUT2D eigenvalue weighted by atomic mass is 35.5. The van der Waals surface area contributed by atoms with Crippen LogP contribution in [-0.2, 0) is 16.4 Å². The van der Waals surface area contributed by atoms with Crippen LogP contribution in [0.2, 0.25) is 5.02 Å². The Balaban J connectivity index is 1.77. The van der Waals surface area contributed by atoms with Crippen LogP contribution in [0.25, 0.3) is 0 Å². The van der Waals surface area contributed by atoms with Crippen molar-refractivity contribution >= 4 is 33.2 Å². The van der Waals surface area contributed by atoms with Crippen LogP contribution in [0.3, 0.4) is 0 Å². The van der Waals surface area contributed by atoms with Gasteiger partial charge >= 0.3 is 0 Å². The van der Waals surface area contributed by atoms with Gasteiger partial charge in [0.15, 0.2) is 0 Å². The number of anilines is 1. The van der Waals surface area contributed by atoms with Gasteiger partial charge in [-0.2, -0.15) is 0 Å². The van der Waals surface area contributed by atoms with Crippen molar-refractivity contribution < 1.29 is 18.3 Å². The molecule has 0 aromatic heterocycles. The summed E-state index contributed by atoms with van der Waals surface area (Å²) in [5.41, 5.74) is 2.40. The van der Waals surface area contributed by atoms with E-state index in [2.05, 4.69) is 10.0 Å². The molecule has 3 rings (SSSR count). The summed E-state index contributed by atoms with van der Waals surface area (Å²) in [5.74, 6) is -0.711. The normalized spacial score (nSPS) is 16.3. The van der Waals surface area contributed by atoms with Crippen molar-refractivity contribution in [3.63, 3.8) is 0 Å². The highest BCUT2D eigenvalue weighted by Crippen LogP contribution is 2.33. The average Bonchev–Trinajstić information content (AvgIpc) is 2.87. The second-order valence-electron chi connectivity index (χ2n) is 6.01. The van der Waals surface area contributed by atoms with Gasteiger partial charge in [-0.3, -0.25) is 9.52 Å². The number of nitrogens with one attached hydrogen (secondary N) is 2. The van der Waals surface area contributed by atoms with E-state index in [1.54, 1.807) is 6.07 Å². The molecular weight excluding hydrogens is 364 g/mol. The van der Waals surface area contributed by atoms with Crippen molar-refractivity contribution in [2.75, 3.05) is 11.0 Å². The Labute approximate surface area is 150 Å². The molecular formula is C17H17ClN2O4S. The minimum Gasteiger partial charge on any atom is -0.507 e. The van der Waals surface area contributed by atoms with Crippen molar-refractivity contribution in [3.05, 3.63) is 58.1 Å². The maximum absolute atomic E-state index is 12.5. The van der Waals surface area contributed by atoms with Crippen LogP contribution in [-0.4, -0.2) is 25.7 Å². The maximum Gasteiger partial charge on any atom is 0.255 e. The van der Waals surface area contributed by atoms with Crippen LogP contribution in [0.4, 0.5) is 5.69 Å². The smallest absolute Gasteiger partial charge is 0.255 e. The van der Waals surface area contributed by atoms with Crippen LogP contribution in [0.15, 0.2) is 36.4 Å². The molecule has 0 saturated carbocycles. The van der Waals surface area contributed by atoms with Gasteiger partial charge in [-0.15, -0.1) is 0 Å². The zero-order valence-electron chi connectivity index (χ0n) is 13.4. The fourth-order valence-electron chi connectivity index (χ4n) is 2.97. The standard InChI is InChI=1S/C17H17ClN2O4S/c1-25(23,24)20-12-4-6-14(16(21)9-12)17(22)19-15-7-2-10-8-11(18)3-5-13(10)15/h3-6,8-9,15,20-21H,2,7H2,1H3,(H,19,22)/t15-/m1/s1. The van der Waals surface area contributed by atoms with E-state index in [9.17, 15) is 18.3 Å². The number of phenols is 1. The lowest BCUT2D eigenvalue weighted by molar-refractivity contribution is 0.0934. The van der Waals surface area contributed by atoms with E-state index < -0.39 is 15.9 Å². The number of sulfonamides is 1. The predicted octanol–water partition coefficient (Wildman–Crippen LogP) is 2.83. The number of phenolic OH excluding ortho intramolecular Hbond substituents is 1. The Morgan fingerprint density at radius 1 is 1.24 bits per heavy atom. The summed E-state index contributed by atoms with van der Waals surface area (Å²) in [6, 6.07) is 9.45. The Morgan fingerprint density at radius 2 is 2.00 bits per heavy atom. The minimum absolute atomic E-state index is 0.0847. The zero-order valence-corrected chi connectivity index (χ0v) is 15.0. The van der Waals surface area contributed by atoms with Crippen molar-refractivity contribution in [2.45, 2.75) is 18.9 Å². The monoisotopic (exact) mass is 380 g/mol. The summed E-state index contributed by atoms with van der Waals surface area (Å²) in [7, 11) is -3.46. The first-order valence-electron chi connectivity index (χ1n) is 7.63. The molecule has 2 aromatic carbocycles. The summed E-state index contributed by atoms with van der Waals surface area (Å²) < 4.78 is 24.7. The molecule has 0 spiro atoms. The first-order valence-corrected chi connectivity index (χ1v) is 9.90. The molecule has 0 fully saturated rings. The number of halogens is 1. The number of amides is 1. The van der Waals surface area contributed by atoms with E-state index in [4.69, 9.17) is 11.6 Å². The zero-order chi connectivity index (χ0) is 18.2. The molecule has 1 amide bonds. The molecule has 0 radical (unpaired) electrons. The molecule has 1 aliphatic rings. The van der Waals surface area contributed by atoms with E-state index in [1.807, 2.05) is 12.1 Å². The van der Waals surface area contributed by atoms with Crippen molar-refractivity contribution in [1.29, 1.82) is 0 Å². The van der Waals surface area contributed by atoms with Crippen LogP contribution in [0, 0.1) is 0 Å². The highest BCUT2D eigenvalue weighted by Gasteiger charge is 2.25. The third-order valence-electron chi connectivity index (χ3n) is 4.03. The third-order valence-corrected chi connectivity index (χ3v) is 4.88. The van der Waals surface area contributed by atoms with Gasteiger partial charge < -0.3 is 10.4 Å². The SMILES string of the molecule is CS(=O)(=O)Nc1ccc(C(=O)N[C@@H]2CCc3cc(Cl)ccc32)c(O)c1. The topological polar surface area (TPSA) is 95.5 Å². The van der Waals surface area contributed by atoms with E-state index in [0.29, 0.717) is 5.02 Å². The van der Waals surface area contributed by atoms with Gasteiger partial charge in [-0.05, 0) is 48.2 Å². The molecule has 8 heteroatoms. The number of aromatic hydroxyl groups is 1. The number of aryl methyl sites for hydroxylation is 1. The van der Waals surface area contributed by atoms with Gasteiger partial charge in [-0.1, -0.05) is 17.7 Å². The molecule has 6 nitrogen and oxygen atoms in total. The van der Waals surface area contributed by atoms with Crippen LogP contribution in [0.5, 0.6) is 5.75 Å². The number of rotatable bonds is 4. The molecule has 1 aliphatic carbocycles. The Morgan fingerprint density at radius 3 is 2.68 bits per heavy atom. The molecule has 1 atom stereocenters. The number of fused-ring (bicyclic) bond motifs is 1. The summed E-state index contributed by atoms with van der Waals surface area (Å²) in [6.45, 7) is 0. The van der Waals surface area contributed by atoms with E-state index >= 15 is 0 Å². The maximum atomic E-state index is 12.5. The fraction of sp³-hybridized carbons (Fsp3) is 0.235. The molecule has 0 bridgehead atoms. The molecule has 3 N–H and O–H groups in total. The van der Waals surface area contributed by atoms with Gasteiger partial charge in [0, 0.05) is 11.1 Å². The molecule has 0 unspecified atom stereocenters. The molecule has 0 aliphatic heterocycles. The average molecular weight is 381 g/mol. The predicted molar refractivity (Wildman–Crippen MR) is 96.6 cm³/mol. The van der Waals surface area contributed by atoms with E-state index in [0.717, 1.165) is 30.2 Å². The van der Waals surface area contributed by atoms with Gasteiger partial charge in [0.1, 0.15) is 5.75 Å². The second-order valence-corrected chi connectivity index (χ2v) is 8.20. The number of hydrogen-bond donors (Lipinski definition) is 3. The number of hydrogen-bond acceptors (Lipinski definition) is 4. The van der Waals surface area contributed by atoms with Gasteiger partial charge in [-0.25, -0.2) is 8.42 Å². The highest BCUT2D eigenvalue weighted by molar-refractivity contribution is 7.92. The summed E-state index contributed by atoms with van der Waals surface area (Å²) in [5, 5.41) is 13.6. The van der Waals surface area contributed by atoms with Gasteiger partial charge in [0.2, 0.25) is 10.0 Å². The Bertz CT molecular complexity index is 944. The molecule has 2 aromatic rings. The summed E-state index contributed by atoms with van der Waals surface area (Å²) in [6.07, 6.45) is 2.59. The Kier molecular flexibility index (Phi) is 4.62. The van der Waals surface area contributed by atoms with Crippen LogP contribution >= 0.6 is 11.6 Å². The summed E-state index contributed by atoms with van der Waals surface area (Å²) >= 11 is 5.98. The molecule has 25 heavy (non-hydrogen) atoms. The first kappa shape index (κ1) is 17.6. The van der Waals surface area contributed by atoms with E-state index in [1.165, 1.54) is 18.2 Å². The molecule has 0 heterocycles. The number of benzene rings is 2. The quantitative estimate of drug-likeness (QED) is 0.760. The molecule has 132 valence electrons. The largest absolute Gasteiger partial charge is 0.507 e. The fourth-order valence-corrected chi connectivity index (χ4v) is 3.72. The van der Waals surface area contributed by atoms with E-state index in [-0.39, 0.29) is 23.0 Å². The van der Waals surface area contributed by atoms with Crippen molar-refractivity contribution in [3.8, 4) is 5.75 Å². The Hall–Kier alpha value is -2.25. The van der Waals surface area contributed by atoms with Gasteiger partial charge in [0.25, 0.3) is 5.91 Å². The second kappa shape index (κ2) is 6.57. The molecule has 0 saturated heterocycles. The lowest BCUT2D eigenvalue weighted by atomic mass is 10.1. The lowest BCUT2D eigenvalue weighted by Crippen LogP contribution is -2.27.